The third kappa shape index (κ3) is 7.25. The third-order valence-corrected chi connectivity index (χ3v) is 8.54. The maximum atomic E-state index is 13.4. The number of rotatable bonds is 13. The summed E-state index contributed by atoms with van der Waals surface area (Å²) in [6.45, 7) is 3.06. The summed E-state index contributed by atoms with van der Waals surface area (Å²) in [4.78, 5) is 23.2. The van der Waals surface area contributed by atoms with E-state index in [-0.39, 0.29) is 16.4 Å². The SMILES string of the molecule is CNCCOc1ccc2nc(NC(=O)C(=NN3CCCC3)c3ccc(S(=O)(=O)CCCOC)cc3)sc2n1. The highest BCUT2D eigenvalue weighted by atomic mass is 32.2. The number of carbonyl (C=O) groups excluding carboxylic acids is 1. The Bertz CT molecular complexity index is 1370. The van der Waals surface area contributed by atoms with Gasteiger partial charge in [-0.05, 0) is 44.5 Å². The zero-order valence-electron chi connectivity index (χ0n) is 21.5. The minimum absolute atomic E-state index is 0.0106. The van der Waals surface area contributed by atoms with Crippen LogP contribution in [-0.2, 0) is 19.4 Å². The molecule has 0 unspecified atom stereocenters. The van der Waals surface area contributed by atoms with E-state index in [4.69, 9.17) is 9.47 Å². The van der Waals surface area contributed by atoms with Crippen molar-refractivity contribution < 1.29 is 22.7 Å². The van der Waals surface area contributed by atoms with E-state index < -0.39 is 15.7 Å². The molecule has 0 atom stereocenters. The van der Waals surface area contributed by atoms with Gasteiger partial charge in [0.1, 0.15) is 17.0 Å². The van der Waals surface area contributed by atoms with E-state index in [1.165, 1.54) is 30.6 Å². The number of fused-ring (bicyclic) bond motifs is 1. The molecule has 3 heterocycles. The van der Waals surface area contributed by atoms with E-state index in [1.807, 2.05) is 12.1 Å². The van der Waals surface area contributed by atoms with Crippen LogP contribution in [0.25, 0.3) is 10.3 Å². The van der Waals surface area contributed by atoms with E-state index in [1.54, 1.807) is 24.3 Å². The predicted molar refractivity (Wildman–Crippen MR) is 148 cm³/mol. The Balaban J connectivity index is 1.54. The molecule has 1 fully saturated rings. The zero-order valence-corrected chi connectivity index (χ0v) is 23.1. The molecule has 0 aliphatic carbocycles. The molecule has 2 aromatic heterocycles. The standard InChI is InChI=1S/C25H32N6O5S2/c1-26-12-16-36-21-11-10-20-24(28-21)37-25(27-20)29-23(32)22(30-31-13-3-4-14-31)18-6-8-19(9-7-18)38(33,34)17-5-15-35-2/h6-11,26H,3-5,12-17H2,1-2H3,(H,27,29,32). The van der Waals surface area contributed by atoms with E-state index in [9.17, 15) is 13.2 Å². The van der Waals surface area contributed by atoms with Crippen molar-refractivity contribution >= 4 is 48.3 Å². The summed E-state index contributed by atoms with van der Waals surface area (Å²) in [5.41, 5.74) is 1.36. The molecule has 1 aliphatic heterocycles. The number of carbonyl (C=O) groups is 1. The van der Waals surface area contributed by atoms with Crippen molar-refractivity contribution in [2.75, 3.05) is 58.1 Å². The number of nitrogens with zero attached hydrogens (tertiary/aromatic N) is 4. The number of aromatic nitrogens is 2. The number of amides is 1. The Labute approximate surface area is 226 Å². The highest BCUT2D eigenvalue weighted by molar-refractivity contribution is 7.91. The highest BCUT2D eigenvalue weighted by Gasteiger charge is 2.21. The van der Waals surface area contributed by atoms with Gasteiger partial charge in [0.05, 0.1) is 10.6 Å². The number of sulfone groups is 1. The molecule has 204 valence electrons. The number of benzene rings is 1. The fourth-order valence-electron chi connectivity index (χ4n) is 3.86. The van der Waals surface area contributed by atoms with E-state index in [0.717, 1.165) is 25.9 Å². The van der Waals surface area contributed by atoms with Crippen LogP contribution in [0.5, 0.6) is 5.88 Å². The van der Waals surface area contributed by atoms with Gasteiger partial charge in [0, 0.05) is 45.0 Å². The molecule has 0 bridgehead atoms. The first-order chi connectivity index (χ1) is 18.4. The number of likely N-dealkylation sites (N-methyl/N-ethyl adjacent to an activating group) is 1. The second-order valence-corrected chi connectivity index (χ2v) is 11.8. The Morgan fingerprint density at radius 3 is 2.58 bits per heavy atom. The summed E-state index contributed by atoms with van der Waals surface area (Å²) in [6.07, 6.45) is 2.41. The summed E-state index contributed by atoms with van der Waals surface area (Å²) in [6, 6.07) is 9.81. The Hall–Kier alpha value is -3.13. The lowest BCUT2D eigenvalue weighted by atomic mass is 10.1. The summed E-state index contributed by atoms with van der Waals surface area (Å²) in [5.74, 6) is 0.0449. The van der Waals surface area contributed by atoms with Gasteiger partial charge in [-0.25, -0.2) is 18.4 Å². The topological polar surface area (TPSA) is 135 Å². The van der Waals surface area contributed by atoms with Crippen LogP contribution in [-0.4, -0.2) is 87.8 Å². The number of pyridine rings is 1. The number of hydrogen-bond donors (Lipinski definition) is 2. The molecule has 4 rings (SSSR count). The van der Waals surface area contributed by atoms with Gasteiger partial charge in [-0.1, -0.05) is 23.5 Å². The number of thiazole rings is 1. The molecule has 0 spiro atoms. The first-order valence-electron chi connectivity index (χ1n) is 12.4. The van der Waals surface area contributed by atoms with Crippen molar-refractivity contribution in [2.24, 2.45) is 5.10 Å². The largest absolute Gasteiger partial charge is 0.476 e. The number of methoxy groups -OCH3 is 1. The van der Waals surface area contributed by atoms with Crippen LogP contribution >= 0.6 is 11.3 Å². The molecule has 13 heteroatoms. The van der Waals surface area contributed by atoms with Crippen molar-refractivity contribution in [3.63, 3.8) is 0 Å². The number of nitrogens with one attached hydrogen (secondary N) is 2. The lowest BCUT2D eigenvalue weighted by Crippen LogP contribution is -2.27. The summed E-state index contributed by atoms with van der Waals surface area (Å²) < 4.78 is 35.8. The van der Waals surface area contributed by atoms with Crippen LogP contribution < -0.4 is 15.4 Å². The van der Waals surface area contributed by atoms with Crippen molar-refractivity contribution in [2.45, 2.75) is 24.2 Å². The van der Waals surface area contributed by atoms with Crippen LogP contribution in [0.15, 0.2) is 46.4 Å². The van der Waals surface area contributed by atoms with Gasteiger partial charge in [-0.3, -0.25) is 15.1 Å². The first kappa shape index (κ1) is 27.9. The molecule has 0 saturated carbocycles. The normalized spacial score (nSPS) is 14.3. The minimum Gasteiger partial charge on any atom is -0.476 e. The lowest BCUT2D eigenvalue weighted by molar-refractivity contribution is -0.110. The van der Waals surface area contributed by atoms with Gasteiger partial charge in [0.2, 0.25) is 5.88 Å². The molecule has 1 saturated heterocycles. The van der Waals surface area contributed by atoms with Gasteiger partial charge in [0.15, 0.2) is 20.7 Å². The molecular weight excluding hydrogens is 528 g/mol. The van der Waals surface area contributed by atoms with Crippen LogP contribution in [0.3, 0.4) is 0 Å². The van der Waals surface area contributed by atoms with Gasteiger partial charge in [-0.2, -0.15) is 5.10 Å². The fraction of sp³-hybridized carbons (Fsp3) is 0.440. The second-order valence-electron chi connectivity index (χ2n) is 8.70. The van der Waals surface area contributed by atoms with Crippen LogP contribution in [0.4, 0.5) is 5.13 Å². The predicted octanol–water partition coefficient (Wildman–Crippen LogP) is 2.54. The molecule has 1 aromatic carbocycles. The van der Waals surface area contributed by atoms with Crippen LogP contribution in [0.1, 0.15) is 24.8 Å². The quantitative estimate of drug-likeness (QED) is 0.239. The highest BCUT2D eigenvalue weighted by Crippen LogP contribution is 2.26. The molecule has 0 radical (unpaired) electrons. The number of ether oxygens (including phenoxy) is 2. The van der Waals surface area contributed by atoms with Gasteiger partial charge >= 0.3 is 0 Å². The average molecular weight is 561 g/mol. The molecule has 38 heavy (non-hydrogen) atoms. The molecule has 2 N–H and O–H groups in total. The average Bonchev–Trinajstić information content (AvgIpc) is 3.56. The number of hydrazone groups is 1. The smallest absolute Gasteiger partial charge is 0.278 e. The Morgan fingerprint density at radius 2 is 1.87 bits per heavy atom. The van der Waals surface area contributed by atoms with Crippen molar-refractivity contribution in [1.82, 2.24) is 20.3 Å². The van der Waals surface area contributed by atoms with Crippen molar-refractivity contribution in [1.29, 1.82) is 0 Å². The minimum atomic E-state index is -3.45. The summed E-state index contributed by atoms with van der Waals surface area (Å²) >= 11 is 1.24. The van der Waals surface area contributed by atoms with Gasteiger partial charge in [-0.15, -0.1) is 0 Å². The third-order valence-electron chi connectivity index (χ3n) is 5.84. The van der Waals surface area contributed by atoms with Crippen molar-refractivity contribution in [3.8, 4) is 5.88 Å². The lowest BCUT2D eigenvalue weighted by Gasteiger charge is -2.14. The summed E-state index contributed by atoms with van der Waals surface area (Å²) in [5, 5.41) is 12.7. The zero-order chi connectivity index (χ0) is 27.0. The maximum absolute atomic E-state index is 13.4. The van der Waals surface area contributed by atoms with Gasteiger partial charge in [0.25, 0.3) is 5.91 Å². The van der Waals surface area contributed by atoms with E-state index >= 15 is 0 Å². The first-order valence-corrected chi connectivity index (χ1v) is 14.9. The Kier molecular flexibility index (Phi) is 9.61. The molecule has 1 aliphatic rings. The summed E-state index contributed by atoms with van der Waals surface area (Å²) in [7, 11) is -0.0662. The van der Waals surface area contributed by atoms with Crippen molar-refractivity contribution in [3.05, 3.63) is 42.0 Å². The van der Waals surface area contributed by atoms with E-state index in [0.29, 0.717) is 53.1 Å². The maximum Gasteiger partial charge on any atom is 0.278 e. The molecule has 3 aromatic rings. The fourth-order valence-corrected chi connectivity index (χ4v) is 5.96. The molecule has 1 amide bonds. The van der Waals surface area contributed by atoms with Crippen LogP contribution in [0.2, 0.25) is 0 Å². The molecular formula is C25H32N6O5S2. The Morgan fingerprint density at radius 1 is 1.11 bits per heavy atom. The van der Waals surface area contributed by atoms with E-state index in [2.05, 4.69) is 25.7 Å². The number of anilines is 1. The number of hydrogen-bond acceptors (Lipinski definition) is 11. The van der Waals surface area contributed by atoms with Crippen LogP contribution in [0, 0.1) is 0 Å². The monoisotopic (exact) mass is 560 g/mol. The molecule has 11 nitrogen and oxygen atoms in total. The van der Waals surface area contributed by atoms with Gasteiger partial charge < -0.3 is 14.8 Å². The second kappa shape index (κ2) is 13.1.